The van der Waals surface area contributed by atoms with Crippen molar-refractivity contribution in [3.8, 4) is 0 Å². The lowest BCUT2D eigenvalue weighted by Crippen LogP contribution is -2.55. The highest BCUT2D eigenvalue weighted by Gasteiger charge is 2.35. The first kappa shape index (κ1) is 14.6. The average Bonchev–Trinajstić information content (AvgIpc) is 2.49. The van der Waals surface area contributed by atoms with Crippen LogP contribution in [0.25, 0.3) is 0 Å². The number of hydrogen-bond donors (Lipinski definition) is 1. The van der Waals surface area contributed by atoms with E-state index in [9.17, 15) is 9.59 Å². The van der Waals surface area contributed by atoms with E-state index in [0.717, 1.165) is 12.8 Å². The first-order valence-electron chi connectivity index (χ1n) is 6.94. The van der Waals surface area contributed by atoms with Gasteiger partial charge in [-0.05, 0) is 24.8 Å². The molecular weight excluding hydrogens is 313 g/mol. The van der Waals surface area contributed by atoms with E-state index in [0.29, 0.717) is 31.0 Å². The Morgan fingerprint density at radius 2 is 2.19 bits per heavy atom. The van der Waals surface area contributed by atoms with Crippen molar-refractivity contribution in [1.29, 1.82) is 0 Å². The number of hydrogen-bond acceptors (Lipinski definition) is 3. The van der Waals surface area contributed by atoms with Crippen LogP contribution in [0.2, 0.25) is 10.2 Å². The second kappa shape index (κ2) is 5.81. The van der Waals surface area contributed by atoms with Gasteiger partial charge in [0.05, 0.1) is 10.6 Å². The summed E-state index contributed by atoms with van der Waals surface area (Å²) in [4.78, 5) is 29.6. The van der Waals surface area contributed by atoms with Crippen molar-refractivity contribution in [1.82, 2.24) is 15.2 Å². The zero-order valence-corrected chi connectivity index (χ0v) is 12.8. The summed E-state index contributed by atoms with van der Waals surface area (Å²) < 4.78 is 0. The van der Waals surface area contributed by atoms with Crippen LogP contribution in [0.5, 0.6) is 0 Å². The van der Waals surface area contributed by atoms with Crippen LogP contribution in [0.1, 0.15) is 29.6 Å². The Balaban J connectivity index is 1.71. The van der Waals surface area contributed by atoms with E-state index in [4.69, 9.17) is 23.2 Å². The summed E-state index contributed by atoms with van der Waals surface area (Å²) >= 11 is 11.7. The molecule has 2 amide bonds. The topological polar surface area (TPSA) is 62.3 Å². The highest BCUT2D eigenvalue weighted by molar-refractivity contribution is 6.41. The lowest BCUT2D eigenvalue weighted by molar-refractivity contribution is -0.125. The number of aromatic nitrogens is 1. The molecule has 0 spiro atoms. The average molecular weight is 328 g/mol. The molecule has 7 heteroatoms. The first-order valence-corrected chi connectivity index (χ1v) is 7.70. The zero-order chi connectivity index (χ0) is 15.0. The Labute approximate surface area is 132 Å². The molecule has 0 radical (unpaired) electrons. The number of amides is 2. The van der Waals surface area contributed by atoms with Crippen molar-refractivity contribution in [3.63, 3.8) is 0 Å². The van der Waals surface area contributed by atoms with Gasteiger partial charge in [-0.1, -0.05) is 23.2 Å². The van der Waals surface area contributed by atoms with Crippen molar-refractivity contribution < 1.29 is 9.59 Å². The van der Waals surface area contributed by atoms with Crippen molar-refractivity contribution >= 4 is 35.0 Å². The van der Waals surface area contributed by atoms with Gasteiger partial charge in [0.1, 0.15) is 5.15 Å². The van der Waals surface area contributed by atoms with Crippen LogP contribution < -0.4 is 5.32 Å². The molecule has 5 nitrogen and oxygen atoms in total. The van der Waals surface area contributed by atoms with E-state index < -0.39 is 0 Å². The number of carbonyl (C=O) groups is 2. The summed E-state index contributed by atoms with van der Waals surface area (Å²) in [5.74, 6) is 0.359. The third-order valence-electron chi connectivity index (χ3n) is 4.15. The molecule has 3 rings (SSSR count). The number of nitrogens with zero attached hydrogens (tertiary/aromatic N) is 2. The van der Waals surface area contributed by atoms with Crippen LogP contribution >= 0.6 is 23.2 Å². The van der Waals surface area contributed by atoms with Crippen LogP contribution in [0, 0.1) is 5.92 Å². The fourth-order valence-corrected chi connectivity index (χ4v) is 3.29. The number of nitrogens with one attached hydrogen (secondary N) is 1. The Morgan fingerprint density at radius 3 is 2.95 bits per heavy atom. The lowest BCUT2D eigenvalue weighted by Gasteiger charge is -2.41. The second-order valence-electron chi connectivity index (χ2n) is 5.51. The minimum atomic E-state index is -0.0867. The smallest absolute Gasteiger partial charge is 0.255 e. The van der Waals surface area contributed by atoms with Gasteiger partial charge in [0, 0.05) is 31.7 Å². The number of rotatable bonds is 1. The molecule has 112 valence electrons. The number of likely N-dealkylation sites (tertiary alicyclic amines) is 1. The molecule has 0 aromatic carbocycles. The molecule has 1 aromatic rings. The maximum absolute atomic E-state index is 12.5. The molecule has 2 fully saturated rings. The zero-order valence-electron chi connectivity index (χ0n) is 11.3. The standard InChI is InChI=1S/C14H15Cl2N3O2/c15-10-5-9(6-17-13(10)16)14(21)19-4-3-11-8(7-19)1-2-12(20)18-11/h5-6,8,11H,1-4,7H2,(H,18,20). The fourth-order valence-electron chi connectivity index (χ4n) is 3.02. The quantitative estimate of drug-likeness (QED) is 0.804. The minimum absolute atomic E-state index is 0.0867. The predicted molar refractivity (Wildman–Crippen MR) is 79.4 cm³/mol. The van der Waals surface area contributed by atoms with Crippen molar-refractivity contribution in [2.75, 3.05) is 13.1 Å². The van der Waals surface area contributed by atoms with Crippen LogP contribution in [-0.2, 0) is 4.79 Å². The maximum atomic E-state index is 12.5. The molecule has 1 aromatic heterocycles. The van der Waals surface area contributed by atoms with E-state index in [1.54, 1.807) is 11.0 Å². The van der Waals surface area contributed by atoms with Gasteiger partial charge in [0.25, 0.3) is 5.91 Å². The van der Waals surface area contributed by atoms with Crippen LogP contribution in [0.4, 0.5) is 0 Å². The van der Waals surface area contributed by atoms with Gasteiger partial charge in [0.15, 0.2) is 0 Å². The van der Waals surface area contributed by atoms with Crippen LogP contribution in [0.3, 0.4) is 0 Å². The summed E-state index contributed by atoms with van der Waals surface area (Å²) in [6.45, 7) is 1.28. The minimum Gasteiger partial charge on any atom is -0.353 e. The Kier molecular flexibility index (Phi) is 4.04. The fraction of sp³-hybridized carbons (Fsp3) is 0.500. The lowest BCUT2D eigenvalue weighted by atomic mass is 9.85. The number of piperidine rings is 2. The first-order chi connectivity index (χ1) is 10.0. The molecule has 0 saturated carbocycles. The van der Waals surface area contributed by atoms with E-state index >= 15 is 0 Å². The predicted octanol–water partition coefficient (Wildman–Crippen LogP) is 2.13. The molecule has 0 aliphatic carbocycles. The number of pyridine rings is 1. The Morgan fingerprint density at radius 1 is 1.38 bits per heavy atom. The second-order valence-corrected chi connectivity index (χ2v) is 6.27. The largest absolute Gasteiger partial charge is 0.353 e. The van der Waals surface area contributed by atoms with E-state index in [1.165, 1.54) is 6.20 Å². The number of fused-ring (bicyclic) bond motifs is 1. The van der Waals surface area contributed by atoms with Crippen LogP contribution in [0.15, 0.2) is 12.3 Å². The molecule has 2 atom stereocenters. The highest BCUT2D eigenvalue weighted by Crippen LogP contribution is 2.27. The van der Waals surface area contributed by atoms with Gasteiger partial charge in [-0.2, -0.15) is 0 Å². The summed E-state index contributed by atoms with van der Waals surface area (Å²) in [5.41, 5.74) is 0.447. The molecule has 21 heavy (non-hydrogen) atoms. The van der Waals surface area contributed by atoms with Crippen LogP contribution in [-0.4, -0.2) is 40.8 Å². The van der Waals surface area contributed by atoms with Gasteiger partial charge in [-0.15, -0.1) is 0 Å². The summed E-state index contributed by atoms with van der Waals surface area (Å²) in [6.07, 6.45) is 3.61. The third kappa shape index (κ3) is 2.99. The van der Waals surface area contributed by atoms with Crippen molar-refractivity contribution in [3.05, 3.63) is 28.0 Å². The Hall–Kier alpha value is -1.33. The van der Waals surface area contributed by atoms with Gasteiger partial charge in [0.2, 0.25) is 5.91 Å². The maximum Gasteiger partial charge on any atom is 0.255 e. The molecule has 2 unspecified atom stereocenters. The van der Waals surface area contributed by atoms with Crippen molar-refractivity contribution in [2.45, 2.75) is 25.3 Å². The molecule has 3 heterocycles. The summed E-state index contributed by atoms with van der Waals surface area (Å²) in [7, 11) is 0. The monoisotopic (exact) mass is 327 g/mol. The molecule has 2 saturated heterocycles. The number of carbonyl (C=O) groups excluding carboxylic acids is 2. The van der Waals surface area contributed by atoms with E-state index in [-0.39, 0.29) is 28.0 Å². The highest BCUT2D eigenvalue weighted by atomic mass is 35.5. The molecule has 1 N–H and O–H groups in total. The van der Waals surface area contributed by atoms with Crippen molar-refractivity contribution in [2.24, 2.45) is 5.92 Å². The molecule has 2 aliphatic heterocycles. The summed E-state index contributed by atoms with van der Waals surface area (Å²) in [5, 5.41) is 3.48. The van der Waals surface area contributed by atoms with Gasteiger partial charge < -0.3 is 10.2 Å². The van der Waals surface area contributed by atoms with Gasteiger partial charge >= 0.3 is 0 Å². The normalized spacial score (nSPS) is 25.2. The number of halogens is 2. The van der Waals surface area contributed by atoms with E-state index in [1.807, 2.05) is 0 Å². The molecular formula is C14H15Cl2N3O2. The van der Waals surface area contributed by atoms with E-state index in [2.05, 4.69) is 10.3 Å². The SMILES string of the molecule is O=C1CCC2CN(C(=O)c3cnc(Cl)c(Cl)c3)CCC2N1. The summed E-state index contributed by atoms with van der Waals surface area (Å²) in [6, 6.07) is 1.75. The molecule has 2 aliphatic rings. The molecule has 0 bridgehead atoms. The van der Waals surface area contributed by atoms with Gasteiger partial charge in [-0.3, -0.25) is 9.59 Å². The van der Waals surface area contributed by atoms with Gasteiger partial charge in [-0.25, -0.2) is 4.98 Å². The third-order valence-corrected chi connectivity index (χ3v) is 4.84. The Bertz CT molecular complexity index is 594.